The van der Waals surface area contributed by atoms with Crippen molar-refractivity contribution in [3.8, 4) is 0 Å². The van der Waals surface area contributed by atoms with E-state index in [0.717, 1.165) is 5.30 Å². The average molecular weight is 394 g/mol. The van der Waals surface area contributed by atoms with Crippen LogP contribution in [-0.2, 0) is 0 Å². The van der Waals surface area contributed by atoms with Crippen molar-refractivity contribution in [2.45, 2.75) is 0 Å². The Morgan fingerprint density at radius 3 is 1.71 bits per heavy atom. The molecule has 0 bridgehead atoms. The molecular formula is C13H7Cl5LiOP. The van der Waals surface area contributed by atoms with E-state index < -0.39 is 0 Å². The molecule has 0 aliphatic carbocycles. The van der Waals surface area contributed by atoms with Crippen LogP contribution in [0, 0.1) is 0 Å². The summed E-state index contributed by atoms with van der Waals surface area (Å²) in [5.41, 5.74) is -0.137. The quantitative estimate of drug-likeness (QED) is 0.338. The standard InChI is InChI=1S/C13H6Cl5OP.Li.H/c14-8-7(9(15)11(17)12(18)10(8)16)13(19)20-6-4-2-1-3-5-6;;/h1-5,20H;;/q;+1;-1. The molecule has 2 aromatic carbocycles. The van der Waals surface area contributed by atoms with Crippen LogP contribution < -0.4 is 24.2 Å². The molecular weight excluding hydrogens is 387 g/mol. The summed E-state index contributed by atoms with van der Waals surface area (Å²) in [4.78, 5) is 12.4. The van der Waals surface area contributed by atoms with Crippen LogP contribution in [0.5, 0.6) is 0 Å². The van der Waals surface area contributed by atoms with Crippen LogP contribution in [0.2, 0.25) is 25.1 Å². The molecule has 0 heterocycles. The SMILES string of the molecule is O=C(Pc1ccccc1)c1c(Cl)c(Cl)c(Cl)c(Cl)c1Cl.[H-].[Li+]. The first kappa shape index (κ1) is 19.6. The molecule has 8 heteroatoms. The predicted molar refractivity (Wildman–Crippen MR) is 91.3 cm³/mol. The van der Waals surface area contributed by atoms with E-state index in [1.165, 1.54) is 0 Å². The van der Waals surface area contributed by atoms with Gasteiger partial charge in [0.15, 0.2) is 5.52 Å². The van der Waals surface area contributed by atoms with E-state index in [-0.39, 0.29) is 65.1 Å². The molecule has 1 unspecified atom stereocenters. The molecule has 0 fully saturated rings. The van der Waals surface area contributed by atoms with Gasteiger partial charge >= 0.3 is 18.9 Å². The van der Waals surface area contributed by atoms with Gasteiger partial charge in [0.1, 0.15) is 0 Å². The smallest absolute Gasteiger partial charge is 1.00 e. The third kappa shape index (κ3) is 4.32. The molecule has 1 atom stereocenters. The Morgan fingerprint density at radius 2 is 1.24 bits per heavy atom. The fraction of sp³-hybridized carbons (Fsp3) is 0. The summed E-state index contributed by atoms with van der Waals surface area (Å²) in [7, 11) is -0.130. The van der Waals surface area contributed by atoms with E-state index in [2.05, 4.69) is 0 Å². The van der Waals surface area contributed by atoms with E-state index in [4.69, 9.17) is 58.0 Å². The summed E-state index contributed by atoms with van der Waals surface area (Å²) in [5.74, 6) is 0. The number of carbonyl (C=O) groups excluding carboxylic acids is 1. The fourth-order valence-electron chi connectivity index (χ4n) is 1.52. The van der Waals surface area contributed by atoms with Gasteiger partial charge in [0.2, 0.25) is 0 Å². The van der Waals surface area contributed by atoms with E-state index in [1.807, 2.05) is 30.3 Å². The van der Waals surface area contributed by atoms with Crippen molar-refractivity contribution < 1.29 is 25.1 Å². The molecule has 0 aliphatic heterocycles. The molecule has 0 saturated carbocycles. The molecule has 2 aromatic rings. The van der Waals surface area contributed by atoms with Gasteiger partial charge in [-0.15, -0.1) is 0 Å². The van der Waals surface area contributed by atoms with Crippen molar-refractivity contribution in [2.75, 3.05) is 0 Å². The number of halogens is 5. The topological polar surface area (TPSA) is 17.1 Å². The molecule has 1 nitrogen and oxygen atoms in total. The molecule has 106 valence electrons. The zero-order chi connectivity index (χ0) is 14.9. The average Bonchev–Trinajstić information content (AvgIpc) is 2.44. The Hall–Kier alpha value is 0.587. The predicted octanol–water partition coefficient (Wildman–Crippen LogP) is 3.21. The number of carbonyl (C=O) groups is 1. The maximum atomic E-state index is 12.4. The summed E-state index contributed by atoms with van der Waals surface area (Å²) in [6.45, 7) is 0. The first-order valence-electron chi connectivity index (χ1n) is 5.31. The molecule has 21 heavy (non-hydrogen) atoms. The van der Waals surface area contributed by atoms with Gasteiger partial charge in [-0.1, -0.05) is 88.3 Å². The monoisotopic (exact) mass is 392 g/mol. The minimum absolute atomic E-state index is 0. The zero-order valence-corrected chi connectivity index (χ0v) is 15.5. The maximum Gasteiger partial charge on any atom is 1.00 e. The van der Waals surface area contributed by atoms with Gasteiger partial charge in [0.25, 0.3) is 0 Å². The largest absolute Gasteiger partial charge is 1.00 e. The summed E-state index contributed by atoms with van der Waals surface area (Å²) < 4.78 is 0. The first-order chi connectivity index (χ1) is 9.43. The van der Waals surface area contributed by atoms with E-state index >= 15 is 0 Å². The number of benzene rings is 2. The molecule has 0 aromatic heterocycles. The molecule has 0 N–H and O–H groups in total. The van der Waals surface area contributed by atoms with E-state index in [9.17, 15) is 4.79 Å². The Morgan fingerprint density at radius 1 is 0.810 bits per heavy atom. The van der Waals surface area contributed by atoms with E-state index in [0.29, 0.717) is 0 Å². The molecule has 0 amide bonds. The molecule has 0 aliphatic rings. The second-order valence-electron chi connectivity index (χ2n) is 3.77. The Labute approximate surface area is 162 Å². The van der Waals surface area contributed by atoms with Crippen LogP contribution in [0.1, 0.15) is 11.8 Å². The Kier molecular flexibility index (Phi) is 7.89. The third-order valence-corrected chi connectivity index (χ3v) is 5.84. The summed E-state index contributed by atoms with van der Waals surface area (Å²) >= 11 is 29.9. The summed E-state index contributed by atoms with van der Waals surface area (Å²) in [6.07, 6.45) is 0. The summed E-state index contributed by atoms with van der Waals surface area (Å²) in [6, 6.07) is 9.25. The van der Waals surface area contributed by atoms with Crippen molar-refractivity contribution in [3.63, 3.8) is 0 Å². The van der Waals surface area contributed by atoms with Gasteiger partial charge in [-0.2, -0.15) is 0 Å². The summed E-state index contributed by atoms with van der Waals surface area (Å²) in [5, 5.41) is 1.03. The molecule has 0 radical (unpaired) electrons. The first-order valence-corrected chi connectivity index (χ1v) is 8.20. The van der Waals surface area contributed by atoms with Crippen LogP contribution in [0.15, 0.2) is 30.3 Å². The van der Waals surface area contributed by atoms with E-state index in [1.54, 1.807) is 0 Å². The van der Waals surface area contributed by atoms with Crippen LogP contribution in [0.3, 0.4) is 0 Å². The minimum Gasteiger partial charge on any atom is -1.00 e. The molecule has 0 saturated heterocycles. The van der Waals surface area contributed by atoms with Gasteiger partial charge in [-0.3, -0.25) is 4.79 Å². The van der Waals surface area contributed by atoms with Gasteiger partial charge in [-0.05, 0) is 13.9 Å². The van der Waals surface area contributed by atoms with Crippen molar-refractivity contribution >= 4 is 77.4 Å². The maximum absolute atomic E-state index is 12.4. The van der Waals surface area contributed by atoms with Crippen molar-refractivity contribution in [1.29, 1.82) is 0 Å². The van der Waals surface area contributed by atoms with Crippen molar-refractivity contribution in [3.05, 3.63) is 61.0 Å². The minimum atomic E-state index is -0.244. The van der Waals surface area contributed by atoms with Gasteiger partial charge < -0.3 is 1.43 Å². The van der Waals surface area contributed by atoms with Crippen LogP contribution in [0.4, 0.5) is 0 Å². The Balaban J connectivity index is 0.00000220. The molecule has 0 spiro atoms. The van der Waals surface area contributed by atoms with Crippen LogP contribution >= 0.6 is 66.6 Å². The normalized spacial score (nSPS) is 10.7. The Bertz CT molecular complexity index is 655. The van der Waals surface area contributed by atoms with Gasteiger partial charge in [0.05, 0.1) is 30.7 Å². The second-order valence-corrected chi connectivity index (χ2v) is 6.94. The second kappa shape index (κ2) is 8.44. The number of hydrogen-bond acceptors (Lipinski definition) is 1. The number of hydrogen-bond donors (Lipinski definition) is 0. The number of rotatable bonds is 3. The third-order valence-electron chi connectivity index (χ3n) is 2.47. The zero-order valence-electron chi connectivity index (χ0n) is 11.7. The van der Waals surface area contributed by atoms with Crippen molar-refractivity contribution in [2.24, 2.45) is 0 Å². The van der Waals surface area contributed by atoms with Crippen LogP contribution in [0.25, 0.3) is 0 Å². The fourth-order valence-corrected chi connectivity index (χ4v) is 3.98. The molecule has 2 rings (SSSR count). The van der Waals surface area contributed by atoms with Crippen molar-refractivity contribution in [1.82, 2.24) is 0 Å². The van der Waals surface area contributed by atoms with Crippen LogP contribution in [-0.4, -0.2) is 5.52 Å². The van der Waals surface area contributed by atoms with Gasteiger partial charge in [0, 0.05) is 0 Å². The van der Waals surface area contributed by atoms with Gasteiger partial charge in [-0.25, -0.2) is 0 Å².